The molecule has 3 atom stereocenters. The molecule has 3 unspecified atom stereocenters. The summed E-state index contributed by atoms with van der Waals surface area (Å²) >= 11 is 0. The fraction of sp³-hybridized carbons (Fsp3) is 0.438. The third-order valence-electron chi connectivity index (χ3n) is 7.68. The van der Waals surface area contributed by atoms with Crippen LogP contribution in [0.15, 0.2) is 91.0 Å². The molecule has 0 aliphatic heterocycles. The summed E-state index contributed by atoms with van der Waals surface area (Å²) < 4.78 is 30.3. The van der Waals surface area contributed by atoms with Gasteiger partial charge in [0.05, 0.1) is 13.2 Å². The van der Waals surface area contributed by atoms with E-state index in [1.165, 1.54) is 10.4 Å². The summed E-state index contributed by atoms with van der Waals surface area (Å²) in [7, 11) is 0.724. The topological polar surface area (TPSA) is 46.2 Å². The van der Waals surface area contributed by atoms with Crippen LogP contribution in [0.4, 0.5) is 0 Å². The van der Waals surface area contributed by atoms with Crippen molar-refractivity contribution in [3.63, 3.8) is 0 Å². The van der Waals surface area contributed by atoms with Crippen molar-refractivity contribution in [2.45, 2.75) is 38.5 Å². The zero-order valence-electron chi connectivity index (χ0n) is 23.4. The van der Waals surface area contributed by atoms with E-state index in [9.17, 15) is 0 Å². The Labute approximate surface area is 229 Å². The van der Waals surface area contributed by atoms with E-state index in [-0.39, 0.29) is 17.2 Å². The third kappa shape index (κ3) is 6.28. The molecule has 3 aromatic carbocycles. The molecule has 0 bridgehead atoms. The van der Waals surface area contributed by atoms with Gasteiger partial charge in [-0.2, -0.15) is 0 Å². The average Bonchev–Trinajstić information content (AvgIpc) is 3.63. The van der Waals surface area contributed by atoms with Crippen molar-refractivity contribution in [2.24, 2.45) is 11.3 Å². The summed E-state index contributed by atoms with van der Waals surface area (Å²) in [5.74, 6) is 0.314. The second-order valence-corrected chi connectivity index (χ2v) is 15.6. The van der Waals surface area contributed by atoms with E-state index in [4.69, 9.17) is 23.4 Å². The zero-order valence-corrected chi connectivity index (χ0v) is 24.4. The highest BCUT2D eigenvalue weighted by atomic mass is 28.4. The van der Waals surface area contributed by atoms with Crippen molar-refractivity contribution < 1.29 is 23.4 Å². The molecule has 3 aromatic rings. The maximum absolute atomic E-state index is 7.23. The van der Waals surface area contributed by atoms with E-state index in [0.29, 0.717) is 25.7 Å². The fourth-order valence-corrected chi connectivity index (χ4v) is 10.1. The predicted octanol–water partition coefficient (Wildman–Crippen LogP) is 5.55. The molecule has 1 saturated carbocycles. The lowest BCUT2D eigenvalue weighted by Crippen LogP contribution is -2.66. The third-order valence-corrected chi connectivity index (χ3v) is 12.7. The average molecular weight is 535 g/mol. The highest BCUT2D eigenvalue weighted by molar-refractivity contribution is 6.99. The number of hydrogen-bond acceptors (Lipinski definition) is 5. The van der Waals surface area contributed by atoms with Crippen LogP contribution >= 0.6 is 0 Å². The van der Waals surface area contributed by atoms with Gasteiger partial charge in [-0.1, -0.05) is 112 Å². The fourth-order valence-electron chi connectivity index (χ4n) is 5.53. The van der Waals surface area contributed by atoms with Gasteiger partial charge in [0, 0.05) is 31.8 Å². The molecular formula is C32H42O5Si. The SMILES string of the molecule is COCOCC1(COC(OC)c2ccccc2)CC1CO[Si](c1ccccc1)(c1ccccc1)C(C)(C)C. The molecule has 38 heavy (non-hydrogen) atoms. The van der Waals surface area contributed by atoms with Crippen LogP contribution in [-0.4, -0.2) is 49.2 Å². The molecule has 1 aliphatic carbocycles. The highest BCUT2D eigenvalue weighted by Crippen LogP contribution is 2.54. The number of benzene rings is 3. The van der Waals surface area contributed by atoms with Gasteiger partial charge in [0.15, 0.2) is 6.29 Å². The monoisotopic (exact) mass is 534 g/mol. The summed E-state index contributed by atoms with van der Waals surface area (Å²) in [6, 6.07) is 31.6. The van der Waals surface area contributed by atoms with E-state index in [1.54, 1.807) is 14.2 Å². The zero-order chi connectivity index (χ0) is 27.1. The smallest absolute Gasteiger partial charge is 0.261 e. The van der Waals surface area contributed by atoms with Crippen molar-refractivity contribution in [2.75, 3.05) is 40.8 Å². The molecule has 204 valence electrons. The summed E-state index contributed by atoms with van der Waals surface area (Å²) in [6.45, 7) is 8.93. The summed E-state index contributed by atoms with van der Waals surface area (Å²) in [5.41, 5.74) is 0.860. The first-order valence-corrected chi connectivity index (χ1v) is 15.3. The summed E-state index contributed by atoms with van der Waals surface area (Å²) in [6.07, 6.45) is 0.550. The van der Waals surface area contributed by atoms with E-state index >= 15 is 0 Å². The molecule has 6 heteroatoms. The van der Waals surface area contributed by atoms with Gasteiger partial charge in [0.1, 0.15) is 6.79 Å². The Morgan fingerprint density at radius 1 is 0.816 bits per heavy atom. The largest absolute Gasteiger partial charge is 0.407 e. The molecule has 1 fully saturated rings. The molecule has 0 aromatic heterocycles. The molecule has 0 radical (unpaired) electrons. The first-order chi connectivity index (χ1) is 18.4. The first kappa shape index (κ1) is 28.7. The Hall–Kier alpha value is -2.32. The summed E-state index contributed by atoms with van der Waals surface area (Å²) in [5, 5.41) is 2.52. The molecular weight excluding hydrogens is 492 g/mol. The number of methoxy groups -OCH3 is 2. The van der Waals surface area contributed by atoms with Crippen molar-refractivity contribution in [3.8, 4) is 0 Å². The Kier molecular flexibility index (Phi) is 9.57. The minimum atomic E-state index is -2.61. The molecule has 0 heterocycles. The van der Waals surface area contributed by atoms with Crippen molar-refractivity contribution in [1.82, 2.24) is 0 Å². The molecule has 0 amide bonds. The Bertz CT molecular complexity index is 1060. The van der Waals surface area contributed by atoms with Gasteiger partial charge in [-0.05, 0) is 27.8 Å². The second-order valence-electron chi connectivity index (χ2n) is 11.3. The number of rotatable bonds is 14. The molecule has 1 aliphatic rings. The molecule has 4 rings (SSSR count). The van der Waals surface area contributed by atoms with Crippen LogP contribution in [0.5, 0.6) is 0 Å². The van der Waals surface area contributed by atoms with E-state index < -0.39 is 14.6 Å². The Balaban J connectivity index is 1.56. The van der Waals surface area contributed by atoms with Gasteiger partial charge in [0.25, 0.3) is 8.32 Å². The van der Waals surface area contributed by atoms with E-state index in [1.807, 2.05) is 30.3 Å². The van der Waals surface area contributed by atoms with E-state index in [2.05, 4.69) is 81.4 Å². The van der Waals surface area contributed by atoms with E-state index in [0.717, 1.165) is 12.0 Å². The Morgan fingerprint density at radius 2 is 1.37 bits per heavy atom. The van der Waals surface area contributed by atoms with Crippen LogP contribution in [0.25, 0.3) is 0 Å². The van der Waals surface area contributed by atoms with Crippen LogP contribution in [0, 0.1) is 11.3 Å². The minimum absolute atomic E-state index is 0.0647. The summed E-state index contributed by atoms with van der Waals surface area (Å²) in [4.78, 5) is 0. The second kappa shape index (κ2) is 12.7. The lowest BCUT2D eigenvalue weighted by atomic mass is 10.1. The standard InChI is InChI=1S/C32H42O5Si/c1-31(2,3)38(28-17-11-7-12-18-28,29-19-13-8-14-20-29)37-22-27-21-32(27,23-35-25-33-4)24-36-30(34-5)26-15-9-6-10-16-26/h6-20,27,30H,21-25H2,1-5H3. The van der Waals surface area contributed by atoms with Crippen LogP contribution in [0.3, 0.4) is 0 Å². The van der Waals surface area contributed by atoms with Crippen LogP contribution in [-0.2, 0) is 23.4 Å². The maximum Gasteiger partial charge on any atom is 0.261 e. The van der Waals surface area contributed by atoms with Gasteiger partial charge < -0.3 is 23.4 Å². The van der Waals surface area contributed by atoms with Gasteiger partial charge in [-0.25, -0.2) is 0 Å². The molecule has 0 spiro atoms. The predicted molar refractivity (Wildman–Crippen MR) is 154 cm³/mol. The first-order valence-electron chi connectivity index (χ1n) is 13.4. The van der Waals surface area contributed by atoms with Gasteiger partial charge in [-0.3, -0.25) is 0 Å². The van der Waals surface area contributed by atoms with Gasteiger partial charge in [0.2, 0.25) is 0 Å². The van der Waals surface area contributed by atoms with Crippen molar-refractivity contribution in [1.29, 1.82) is 0 Å². The lowest BCUT2D eigenvalue weighted by molar-refractivity contribution is -0.151. The van der Waals surface area contributed by atoms with Crippen molar-refractivity contribution in [3.05, 3.63) is 96.6 Å². The number of hydrogen-bond donors (Lipinski definition) is 0. The highest BCUT2D eigenvalue weighted by Gasteiger charge is 2.57. The molecule has 0 saturated heterocycles. The maximum atomic E-state index is 7.23. The minimum Gasteiger partial charge on any atom is -0.407 e. The Morgan fingerprint density at radius 3 is 1.87 bits per heavy atom. The van der Waals surface area contributed by atoms with Crippen LogP contribution in [0.1, 0.15) is 39.0 Å². The van der Waals surface area contributed by atoms with Crippen molar-refractivity contribution >= 4 is 18.7 Å². The quantitative estimate of drug-likeness (QED) is 0.154. The van der Waals surface area contributed by atoms with Gasteiger partial charge >= 0.3 is 0 Å². The van der Waals surface area contributed by atoms with Crippen LogP contribution in [0.2, 0.25) is 5.04 Å². The molecule has 0 N–H and O–H groups in total. The normalized spacial score (nSPS) is 20.3. The van der Waals surface area contributed by atoms with Gasteiger partial charge in [-0.15, -0.1) is 0 Å². The lowest BCUT2D eigenvalue weighted by Gasteiger charge is -2.43. The van der Waals surface area contributed by atoms with Crippen LogP contribution < -0.4 is 10.4 Å². The number of ether oxygens (including phenoxy) is 4. The molecule has 5 nitrogen and oxygen atoms in total.